The molecule has 0 spiro atoms. The van der Waals surface area contributed by atoms with E-state index < -0.39 is 18.2 Å². The van der Waals surface area contributed by atoms with Crippen molar-refractivity contribution >= 4 is 29.3 Å². The molecule has 2 heterocycles. The van der Waals surface area contributed by atoms with E-state index in [1.165, 1.54) is 16.2 Å². The van der Waals surface area contributed by atoms with Gasteiger partial charge in [0.2, 0.25) is 0 Å². The Morgan fingerprint density at radius 2 is 1.80 bits per heavy atom. The van der Waals surface area contributed by atoms with E-state index in [0.717, 1.165) is 22.3 Å². The molecule has 1 unspecified atom stereocenters. The van der Waals surface area contributed by atoms with Crippen LogP contribution in [0.3, 0.4) is 0 Å². The van der Waals surface area contributed by atoms with Crippen molar-refractivity contribution in [2.45, 2.75) is 18.6 Å². The Balaban J connectivity index is 1.15. The molecule has 1 aliphatic carbocycles. The molecule has 1 aliphatic heterocycles. The number of hydrogen-bond donors (Lipinski definition) is 2. The monoisotopic (exact) mass is 493 g/mol. The zero-order chi connectivity index (χ0) is 24.4. The number of hydrogen-bond acceptors (Lipinski definition) is 7. The van der Waals surface area contributed by atoms with Gasteiger partial charge in [-0.05, 0) is 22.3 Å². The Morgan fingerprint density at radius 1 is 1.11 bits per heavy atom. The van der Waals surface area contributed by atoms with Crippen molar-refractivity contribution in [2.75, 3.05) is 26.3 Å². The predicted molar refractivity (Wildman–Crippen MR) is 127 cm³/mol. The first kappa shape index (κ1) is 23.0. The van der Waals surface area contributed by atoms with E-state index in [1.54, 1.807) is 5.38 Å². The van der Waals surface area contributed by atoms with Gasteiger partial charge in [-0.15, -0.1) is 11.3 Å². The van der Waals surface area contributed by atoms with Crippen molar-refractivity contribution in [3.63, 3.8) is 0 Å². The lowest BCUT2D eigenvalue weighted by molar-refractivity contribution is -0.154. The highest BCUT2D eigenvalue weighted by Crippen LogP contribution is 2.44. The number of fused-ring (bicyclic) bond motifs is 3. The van der Waals surface area contributed by atoms with Gasteiger partial charge in [0.15, 0.2) is 6.10 Å². The molecule has 1 fully saturated rings. The molecule has 1 atom stereocenters. The normalized spacial score (nSPS) is 16.9. The zero-order valence-corrected chi connectivity index (χ0v) is 19.5. The number of carboxylic acid groups (broad SMARTS) is 1. The number of carbonyl (C=O) groups excluding carboxylic acids is 2. The van der Waals surface area contributed by atoms with Crippen LogP contribution in [0.2, 0.25) is 0 Å². The van der Waals surface area contributed by atoms with Crippen molar-refractivity contribution in [3.8, 4) is 11.1 Å². The van der Waals surface area contributed by atoms with E-state index in [1.807, 2.05) is 24.3 Å². The van der Waals surface area contributed by atoms with E-state index in [4.69, 9.17) is 14.6 Å². The van der Waals surface area contributed by atoms with Gasteiger partial charge in [-0.2, -0.15) is 0 Å². The van der Waals surface area contributed by atoms with E-state index in [-0.39, 0.29) is 43.8 Å². The van der Waals surface area contributed by atoms with Crippen LogP contribution in [-0.4, -0.2) is 65.4 Å². The van der Waals surface area contributed by atoms with Gasteiger partial charge >= 0.3 is 12.1 Å². The number of ether oxygens (including phenoxy) is 2. The summed E-state index contributed by atoms with van der Waals surface area (Å²) in [5.74, 6) is -1.49. The molecule has 1 saturated heterocycles. The molecule has 35 heavy (non-hydrogen) atoms. The predicted octanol–water partition coefficient (Wildman–Crippen LogP) is 3.11. The fraction of sp³-hybridized carbons (Fsp3) is 0.280. The Labute approximate surface area is 205 Å². The number of carboxylic acids is 1. The summed E-state index contributed by atoms with van der Waals surface area (Å²) in [7, 11) is 0. The van der Waals surface area contributed by atoms with Crippen molar-refractivity contribution < 1.29 is 29.0 Å². The highest BCUT2D eigenvalue weighted by Gasteiger charge is 2.31. The average Bonchev–Trinajstić information content (AvgIpc) is 3.49. The van der Waals surface area contributed by atoms with Crippen LogP contribution >= 0.6 is 11.3 Å². The van der Waals surface area contributed by atoms with Gasteiger partial charge in [0.25, 0.3) is 5.91 Å². The summed E-state index contributed by atoms with van der Waals surface area (Å²) >= 11 is 1.24. The molecule has 9 nitrogen and oxygen atoms in total. The number of rotatable bonds is 6. The standard InChI is InChI=1S/C25H23N3O6S/c29-23(28-9-10-33-21(12-28)24(30)31)20-14-35-22(27-20)11-26-25(32)34-13-19-17-7-3-1-5-15(17)16-6-2-4-8-18(16)19/h1-8,14,19,21H,9-13H2,(H,26,32)(H,30,31). The molecule has 2 aliphatic rings. The Morgan fingerprint density at radius 3 is 2.49 bits per heavy atom. The van der Waals surface area contributed by atoms with E-state index >= 15 is 0 Å². The third-order valence-corrected chi connectivity index (χ3v) is 6.98. The molecule has 2 amide bonds. The number of thiazole rings is 1. The summed E-state index contributed by atoms with van der Waals surface area (Å²) in [6.07, 6.45) is -1.60. The van der Waals surface area contributed by atoms with E-state index in [0.29, 0.717) is 11.6 Å². The highest BCUT2D eigenvalue weighted by atomic mass is 32.1. The van der Waals surface area contributed by atoms with Gasteiger partial charge < -0.3 is 24.8 Å². The van der Waals surface area contributed by atoms with Crippen molar-refractivity contribution in [1.82, 2.24) is 15.2 Å². The molecule has 0 radical (unpaired) electrons. The second kappa shape index (κ2) is 9.85. The summed E-state index contributed by atoms with van der Waals surface area (Å²) < 4.78 is 10.7. The topological polar surface area (TPSA) is 118 Å². The summed E-state index contributed by atoms with van der Waals surface area (Å²) in [6, 6.07) is 16.2. The molecule has 1 aromatic heterocycles. The van der Waals surface area contributed by atoms with Crippen LogP contribution < -0.4 is 5.32 Å². The van der Waals surface area contributed by atoms with Crippen LogP contribution in [-0.2, 0) is 20.8 Å². The van der Waals surface area contributed by atoms with Crippen LogP contribution in [0.4, 0.5) is 4.79 Å². The van der Waals surface area contributed by atoms with Crippen LogP contribution in [0.25, 0.3) is 11.1 Å². The number of aliphatic carboxylic acids is 1. The van der Waals surface area contributed by atoms with Crippen LogP contribution in [0.1, 0.15) is 32.5 Å². The first-order valence-corrected chi connectivity index (χ1v) is 12.1. The Kier molecular flexibility index (Phi) is 6.47. The number of aromatic nitrogens is 1. The maximum absolute atomic E-state index is 12.7. The quantitative estimate of drug-likeness (QED) is 0.542. The number of benzene rings is 2. The maximum Gasteiger partial charge on any atom is 0.407 e. The minimum atomic E-state index is -1.10. The number of alkyl carbamates (subject to hydrolysis) is 1. The molecule has 0 saturated carbocycles. The lowest BCUT2D eigenvalue weighted by atomic mass is 9.98. The van der Waals surface area contributed by atoms with Gasteiger partial charge in [-0.3, -0.25) is 4.79 Å². The third kappa shape index (κ3) is 4.75. The molecular formula is C25H23N3O6S. The van der Waals surface area contributed by atoms with Crippen molar-refractivity contribution in [1.29, 1.82) is 0 Å². The second-order valence-electron chi connectivity index (χ2n) is 8.25. The number of nitrogens with zero attached hydrogens (tertiary/aromatic N) is 2. The van der Waals surface area contributed by atoms with Gasteiger partial charge in [0.05, 0.1) is 19.7 Å². The molecular weight excluding hydrogens is 470 g/mol. The van der Waals surface area contributed by atoms with Gasteiger partial charge in [-0.25, -0.2) is 14.6 Å². The van der Waals surface area contributed by atoms with Crippen LogP contribution in [0, 0.1) is 0 Å². The molecule has 2 aromatic carbocycles. The molecule has 3 aromatic rings. The SMILES string of the molecule is O=C(NCc1nc(C(=O)N2CCOC(C(=O)O)C2)cs1)OCC1c2ccccc2-c2ccccc21. The summed E-state index contributed by atoms with van der Waals surface area (Å²) in [4.78, 5) is 41.9. The summed E-state index contributed by atoms with van der Waals surface area (Å²) in [6.45, 7) is 0.758. The van der Waals surface area contributed by atoms with Gasteiger partial charge in [-0.1, -0.05) is 48.5 Å². The molecule has 2 N–H and O–H groups in total. The van der Waals surface area contributed by atoms with Crippen LogP contribution in [0.15, 0.2) is 53.9 Å². The first-order valence-electron chi connectivity index (χ1n) is 11.2. The first-order chi connectivity index (χ1) is 17.0. The molecule has 180 valence electrons. The van der Waals surface area contributed by atoms with Gasteiger partial charge in [0, 0.05) is 17.8 Å². The second-order valence-corrected chi connectivity index (χ2v) is 9.20. The fourth-order valence-electron chi connectivity index (χ4n) is 4.43. The van der Waals surface area contributed by atoms with E-state index in [9.17, 15) is 14.4 Å². The maximum atomic E-state index is 12.7. The Bertz CT molecular complexity index is 1230. The van der Waals surface area contributed by atoms with E-state index in [2.05, 4.69) is 34.6 Å². The summed E-state index contributed by atoms with van der Waals surface area (Å²) in [5, 5.41) is 14.0. The number of morpholine rings is 1. The molecule has 5 rings (SSSR count). The summed E-state index contributed by atoms with van der Waals surface area (Å²) in [5.41, 5.74) is 4.81. The third-order valence-electron chi connectivity index (χ3n) is 6.13. The van der Waals surface area contributed by atoms with Crippen LogP contribution in [0.5, 0.6) is 0 Å². The number of amides is 2. The smallest absolute Gasteiger partial charge is 0.407 e. The van der Waals surface area contributed by atoms with Gasteiger partial charge in [0.1, 0.15) is 17.3 Å². The minimum Gasteiger partial charge on any atom is -0.479 e. The molecule has 0 bridgehead atoms. The lowest BCUT2D eigenvalue weighted by Crippen LogP contribution is -2.48. The van der Waals surface area contributed by atoms with Crippen molar-refractivity contribution in [3.05, 3.63) is 75.7 Å². The number of nitrogens with one attached hydrogen (secondary N) is 1. The fourth-order valence-corrected chi connectivity index (χ4v) is 5.14. The average molecular weight is 494 g/mol. The lowest BCUT2D eigenvalue weighted by Gasteiger charge is -2.30. The largest absolute Gasteiger partial charge is 0.479 e. The minimum absolute atomic E-state index is 0.0274. The zero-order valence-electron chi connectivity index (χ0n) is 18.7. The number of carbonyl (C=O) groups is 3. The Hall–Kier alpha value is -3.76. The highest BCUT2D eigenvalue weighted by molar-refractivity contribution is 7.09. The van der Waals surface area contributed by atoms with Crippen molar-refractivity contribution in [2.24, 2.45) is 0 Å². The molecule has 10 heteroatoms.